The normalized spacial score (nSPS) is 12.6. The van der Waals surface area contributed by atoms with Crippen molar-refractivity contribution in [2.75, 3.05) is 13.7 Å². The fourth-order valence-electron chi connectivity index (χ4n) is 1.37. The number of hydrogen-bond acceptors (Lipinski definition) is 5. The fourth-order valence-corrected chi connectivity index (χ4v) is 1.37. The number of ether oxygens (including phenoxy) is 1. The van der Waals surface area contributed by atoms with E-state index in [-0.39, 0.29) is 6.10 Å². The molecule has 16 heavy (non-hydrogen) atoms. The van der Waals surface area contributed by atoms with Gasteiger partial charge >= 0.3 is 0 Å². The zero-order valence-corrected chi connectivity index (χ0v) is 8.96. The van der Waals surface area contributed by atoms with Crippen molar-refractivity contribution >= 4 is 0 Å². The standard InChI is InChI=1S/C11H13N3O2/c1-15-9(7-12)11-13-10(14-16-11)8-5-3-2-4-6-8/h2-6,9H,7,12H2,1H3. The zero-order valence-electron chi connectivity index (χ0n) is 8.96. The molecule has 0 aliphatic heterocycles. The maximum atomic E-state index is 5.51. The highest BCUT2D eigenvalue weighted by atomic mass is 16.5. The molecule has 0 aliphatic rings. The Labute approximate surface area is 93.2 Å². The summed E-state index contributed by atoms with van der Waals surface area (Å²) >= 11 is 0. The molecule has 5 nitrogen and oxygen atoms in total. The van der Waals surface area contributed by atoms with Crippen LogP contribution in [0.4, 0.5) is 0 Å². The molecule has 0 amide bonds. The van der Waals surface area contributed by atoms with E-state index in [1.807, 2.05) is 30.3 Å². The highest BCUT2D eigenvalue weighted by Gasteiger charge is 2.17. The fraction of sp³-hybridized carbons (Fsp3) is 0.273. The summed E-state index contributed by atoms with van der Waals surface area (Å²) in [5.41, 5.74) is 6.42. The van der Waals surface area contributed by atoms with Gasteiger partial charge in [-0.05, 0) is 0 Å². The van der Waals surface area contributed by atoms with Gasteiger partial charge in [0.15, 0.2) is 0 Å². The van der Waals surface area contributed by atoms with Crippen molar-refractivity contribution in [2.24, 2.45) is 5.73 Å². The van der Waals surface area contributed by atoms with E-state index < -0.39 is 0 Å². The highest BCUT2D eigenvalue weighted by molar-refractivity contribution is 5.53. The molecule has 0 fully saturated rings. The summed E-state index contributed by atoms with van der Waals surface area (Å²) in [5.74, 6) is 0.954. The lowest BCUT2D eigenvalue weighted by atomic mass is 10.2. The molecule has 0 saturated carbocycles. The van der Waals surface area contributed by atoms with Crippen LogP contribution in [-0.2, 0) is 4.74 Å². The van der Waals surface area contributed by atoms with Crippen LogP contribution < -0.4 is 5.73 Å². The molecule has 0 aliphatic carbocycles. The van der Waals surface area contributed by atoms with Crippen molar-refractivity contribution in [2.45, 2.75) is 6.10 Å². The van der Waals surface area contributed by atoms with E-state index in [1.165, 1.54) is 0 Å². The first-order valence-corrected chi connectivity index (χ1v) is 4.97. The third-order valence-corrected chi connectivity index (χ3v) is 2.25. The van der Waals surface area contributed by atoms with Crippen LogP contribution in [0.1, 0.15) is 12.0 Å². The minimum absolute atomic E-state index is 0.312. The van der Waals surface area contributed by atoms with Crippen molar-refractivity contribution in [3.63, 3.8) is 0 Å². The van der Waals surface area contributed by atoms with E-state index in [0.717, 1.165) is 5.56 Å². The van der Waals surface area contributed by atoms with Gasteiger partial charge in [0.25, 0.3) is 5.89 Å². The third kappa shape index (κ3) is 2.10. The van der Waals surface area contributed by atoms with Crippen molar-refractivity contribution in [1.82, 2.24) is 10.1 Å². The molecule has 0 saturated heterocycles. The summed E-state index contributed by atoms with van der Waals surface area (Å²) in [6.45, 7) is 0.312. The number of rotatable bonds is 4. The Morgan fingerprint density at radius 2 is 2.12 bits per heavy atom. The second kappa shape index (κ2) is 4.87. The van der Waals surface area contributed by atoms with E-state index in [1.54, 1.807) is 7.11 Å². The molecule has 1 atom stereocenters. The molecule has 0 bridgehead atoms. The van der Waals surface area contributed by atoms with Crippen molar-refractivity contribution in [3.05, 3.63) is 36.2 Å². The Bertz CT molecular complexity index is 438. The van der Waals surface area contributed by atoms with Crippen molar-refractivity contribution < 1.29 is 9.26 Å². The van der Waals surface area contributed by atoms with Crippen LogP contribution in [0.5, 0.6) is 0 Å². The molecule has 84 valence electrons. The number of hydrogen-bond donors (Lipinski definition) is 1. The van der Waals surface area contributed by atoms with Crippen molar-refractivity contribution in [1.29, 1.82) is 0 Å². The first-order chi connectivity index (χ1) is 7.85. The molecule has 1 unspecified atom stereocenters. The van der Waals surface area contributed by atoms with Crippen LogP contribution in [0.15, 0.2) is 34.9 Å². The summed E-state index contributed by atoms with van der Waals surface area (Å²) in [6.07, 6.45) is -0.343. The molecule has 2 aromatic rings. The van der Waals surface area contributed by atoms with E-state index >= 15 is 0 Å². The summed E-state index contributed by atoms with van der Waals surface area (Å²) < 4.78 is 10.2. The topological polar surface area (TPSA) is 74.2 Å². The summed E-state index contributed by atoms with van der Waals surface area (Å²) in [4.78, 5) is 4.24. The van der Waals surface area contributed by atoms with Gasteiger partial charge in [-0.3, -0.25) is 0 Å². The Kier molecular flexibility index (Phi) is 3.28. The minimum Gasteiger partial charge on any atom is -0.370 e. The van der Waals surface area contributed by atoms with Gasteiger partial charge in [-0.1, -0.05) is 35.5 Å². The predicted molar refractivity (Wildman–Crippen MR) is 58.5 cm³/mol. The lowest BCUT2D eigenvalue weighted by molar-refractivity contribution is 0.0804. The van der Waals surface area contributed by atoms with Crippen LogP contribution >= 0.6 is 0 Å². The molecular formula is C11H13N3O2. The molecule has 1 aromatic carbocycles. The molecule has 1 aromatic heterocycles. The van der Waals surface area contributed by atoms with Gasteiger partial charge in [-0.15, -0.1) is 0 Å². The maximum Gasteiger partial charge on any atom is 0.257 e. The summed E-state index contributed by atoms with van der Waals surface area (Å²) in [5, 5.41) is 3.88. The number of aromatic nitrogens is 2. The van der Waals surface area contributed by atoms with E-state index in [9.17, 15) is 0 Å². The lowest BCUT2D eigenvalue weighted by Gasteiger charge is -2.05. The Balaban J connectivity index is 2.26. The van der Waals surface area contributed by atoms with Crippen LogP contribution in [0.25, 0.3) is 11.4 Å². The van der Waals surface area contributed by atoms with Crippen LogP contribution in [-0.4, -0.2) is 23.8 Å². The molecule has 2 N–H and O–H groups in total. The summed E-state index contributed by atoms with van der Waals surface area (Å²) in [7, 11) is 1.56. The Hall–Kier alpha value is -1.72. The molecular weight excluding hydrogens is 206 g/mol. The van der Waals surface area contributed by atoms with Gasteiger partial charge < -0.3 is 15.0 Å². The number of nitrogens with two attached hydrogens (primary N) is 1. The molecule has 1 heterocycles. The Morgan fingerprint density at radius 3 is 2.75 bits per heavy atom. The van der Waals surface area contributed by atoms with Gasteiger partial charge in [-0.25, -0.2) is 0 Å². The first-order valence-electron chi connectivity index (χ1n) is 4.97. The largest absolute Gasteiger partial charge is 0.370 e. The highest BCUT2D eigenvalue weighted by Crippen LogP contribution is 2.19. The SMILES string of the molecule is COC(CN)c1nc(-c2ccccc2)no1. The van der Waals surface area contributed by atoms with Gasteiger partial charge in [0, 0.05) is 19.2 Å². The number of methoxy groups -OCH3 is 1. The smallest absolute Gasteiger partial charge is 0.257 e. The van der Waals surface area contributed by atoms with Gasteiger partial charge in [0.1, 0.15) is 6.10 Å². The predicted octanol–water partition coefficient (Wildman–Crippen LogP) is 1.38. The average molecular weight is 219 g/mol. The average Bonchev–Trinajstić information content (AvgIpc) is 2.81. The third-order valence-electron chi connectivity index (χ3n) is 2.25. The number of benzene rings is 1. The molecule has 0 spiro atoms. The lowest BCUT2D eigenvalue weighted by Crippen LogP contribution is -2.14. The van der Waals surface area contributed by atoms with Crippen LogP contribution in [0, 0.1) is 0 Å². The van der Waals surface area contributed by atoms with E-state index in [2.05, 4.69) is 10.1 Å². The van der Waals surface area contributed by atoms with Gasteiger partial charge in [0.2, 0.25) is 5.82 Å². The first kappa shape index (κ1) is 10.8. The summed E-state index contributed by atoms with van der Waals surface area (Å²) in [6, 6.07) is 9.60. The molecule has 2 rings (SSSR count). The second-order valence-electron chi connectivity index (χ2n) is 3.28. The van der Waals surface area contributed by atoms with E-state index in [0.29, 0.717) is 18.3 Å². The zero-order chi connectivity index (χ0) is 11.4. The van der Waals surface area contributed by atoms with Crippen LogP contribution in [0.3, 0.4) is 0 Å². The molecule has 0 radical (unpaired) electrons. The van der Waals surface area contributed by atoms with E-state index in [4.69, 9.17) is 15.0 Å². The van der Waals surface area contributed by atoms with Crippen molar-refractivity contribution in [3.8, 4) is 11.4 Å². The monoisotopic (exact) mass is 219 g/mol. The van der Waals surface area contributed by atoms with Gasteiger partial charge in [-0.2, -0.15) is 4.98 Å². The minimum atomic E-state index is -0.343. The maximum absolute atomic E-state index is 5.51. The number of nitrogens with zero attached hydrogens (tertiary/aromatic N) is 2. The quantitative estimate of drug-likeness (QED) is 0.840. The van der Waals surface area contributed by atoms with Crippen LogP contribution in [0.2, 0.25) is 0 Å². The molecule has 5 heteroatoms. The van der Waals surface area contributed by atoms with Gasteiger partial charge in [0.05, 0.1) is 0 Å². The second-order valence-corrected chi connectivity index (χ2v) is 3.28. The Morgan fingerprint density at radius 1 is 1.38 bits per heavy atom.